The summed E-state index contributed by atoms with van der Waals surface area (Å²) in [4.78, 5) is 16.4. The number of methoxy groups -OCH3 is 1. The van der Waals surface area contributed by atoms with E-state index >= 15 is 0 Å². The summed E-state index contributed by atoms with van der Waals surface area (Å²) in [5, 5.41) is 5.37. The van der Waals surface area contributed by atoms with Crippen LogP contribution in [-0.2, 0) is 6.18 Å². The molecule has 0 aliphatic carbocycles. The van der Waals surface area contributed by atoms with Crippen molar-refractivity contribution < 1.29 is 22.7 Å². The van der Waals surface area contributed by atoms with E-state index in [9.17, 15) is 18.0 Å². The van der Waals surface area contributed by atoms with Gasteiger partial charge in [-0.1, -0.05) is 18.2 Å². The Morgan fingerprint density at radius 3 is 2.54 bits per heavy atom. The first kappa shape index (κ1) is 19.2. The molecule has 2 N–H and O–H groups in total. The second-order valence-electron chi connectivity index (χ2n) is 5.78. The van der Waals surface area contributed by atoms with Gasteiger partial charge in [-0.15, -0.1) is 0 Å². The van der Waals surface area contributed by atoms with Gasteiger partial charge in [0.25, 0.3) is 5.91 Å². The van der Waals surface area contributed by atoms with Gasteiger partial charge in [0.2, 0.25) is 0 Å². The maximum absolute atomic E-state index is 13.1. The molecule has 0 aliphatic rings. The van der Waals surface area contributed by atoms with Gasteiger partial charge in [-0.05, 0) is 36.4 Å². The Balaban J connectivity index is 1.80. The van der Waals surface area contributed by atoms with Crippen LogP contribution >= 0.6 is 0 Å². The van der Waals surface area contributed by atoms with Crippen LogP contribution in [0.25, 0.3) is 0 Å². The summed E-state index contributed by atoms with van der Waals surface area (Å²) in [6.45, 7) is 0. The van der Waals surface area contributed by atoms with Crippen LogP contribution < -0.4 is 15.4 Å². The Kier molecular flexibility index (Phi) is 5.49. The van der Waals surface area contributed by atoms with Crippen molar-refractivity contribution in [2.45, 2.75) is 6.18 Å². The number of carbonyl (C=O) groups excluding carboxylic acids is 1. The summed E-state index contributed by atoms with van der Waals surface area (Å²) in [6.07, 6.45) is -3.15. The second-order valence-corrected chi connectivity index (χ2v) is 5.78. The number of amides is 1. The van der Waals surface area contributed by atoms with Crippen molar-refractivity contribution >= 4 is 23.0 Å². The van der Waals surface area contributed by atoms with Crippen LogP contribution in [-0.4, -0.2) is 18.0 Å². The highest BCUT2D eigenvalue weighted by atomic mass is 19.4. The summed E-state index contributed by atoms with van der Waals surface area (Å²) in [6, 6.07) is 14.7. The monoisotopic (exact) mass is 387 g/mol. The Hall–Kier alpha value is -3.55. The van der Waals surface area contributed by atoms with Crippen molar-refractivity contribution in [2.75, 3.05) is 17.7 Å². The summed E-state index contributed by atoms with van der Waals surface area (Å²) in [5.41, 5.74) is -0.0405. The number of hydrogen-bond acceptors (Lipinski definition) is 4. The van der Waals surface area contributed by atoms with Crippen molar-refractivity contribution in [1.82, 2.24) is 4.98 Å². The number of carbonyl (C=O) groups is 1. The summed E-state index contributed by atoms with van der Waals surface area (Å²) >= 11 is 0. The number of alkyl halides is 3. The quantitative estimate of drug-likeness (QED) is 0.639. The maximum Gasteiger partial charge on any atom is 0.418 e. The third-order valence-electron chi connectivity index (χ3n) is 3.83. The highest BCUT2D eigenvalue weighted by Crippen LogP contribution is 2.35. The molecule has 0 saturated heterocycles. The fraction of sp³-hybridized carbons (Fsp3) is 0.100. The molecule has 0 bridgehead atoms. The first-order valence-corrected chi connectivity index (χ1v) is 8.21. The molecule has 3 rings (SSSR count). The highest BCUT2D eigenvalue weighted by Gasteiger charge is 2.33. The molecule has 28 heavy (non-hydrogen) atoms. The van der Waals surface area contributed by atoms with Crippen molar-refractivity contribution in [2.24, 2.45) is 0 Å². The van der Waals surface area contributed by atoms with E-state index in [0.717, 1.165) is 6.07 Å². The van der Waals surface area contributed by atoms with E-state index in [4.69, 9.17) is 4.74 Å². The summed E-state index contributed by atoms with van der Waals surface area (Å²) in [5.74, 6) is 0.0749. The lowest BCUT2D eigenvalue weighted by Crippen LogP contribution is -2.14. The summed E-state index contributed by atoms with van der Waals surface area (Å²) < 4.78 is 44.5. The van der Waals surface area contributed by atoms with Gasteiger partial charge in [0.15, 0.2) is 0 Å². The Labute approximate surface area is 159 Å². The molecule has 3 aromatic rings. The molecular formula is C20H16F3N3O2. The zero-order chi connectivity index (χ0) is 20.1. The lowest BCUT2D eigenvalue weighted by atomic mass is 10.1. The maximum atomic E-state index is 13.1. The molecule has 144 valence electrons. The molecule has 0 fully saturated rings. The van der Waals surface area contributed by atoms with E-state index in [2.05, 4.69) is 15.6 Å². The van der Waals surface area contributed by atoms with Gasteiger partial charge in [-0.2, -0.15) is 13.2 Å². The molecule has 1 amide bonds. The normalized spacial score (nSPS) is 11.0. The number of benzene rings is 2. The number of pyridine rings is 1. The minimum Gasteiger partial charge on any atom is -0.497 e. The van der Waals surface area contributed by atoms with Crippen molar-refractivity contribution in [3.63, 3.8) is 0 Å². The van der Waals surface area contributed by atoms with Gasteiger partial charge in [0, 0.05) is 23.6 Å². The fourth-order valence-corrected chi connectivity index (χ4v) is 2.52. The number of nitrogens with one attached hydrogen (secondary N) is 2. The molecule has 1 aromatic heterocycles. The predicted octanol–water partition coefficient (Wildman–Crippen LogP) is 5.10. The first-order valence-electron chi connectivity index (χ1n) is 8.21. The lowest BCUT2D eigenvalue weighted by Gasteiger charge is -2.14. The molecule has 0 unspecified atom stereocenters. The van der Waals surface area contributed by atoms with Crippen molar-refractivity contribution in [3.05, 3.63) is 78.1 Å². The largest absolute Gasteiger partial charge is 0.497 e. The fourth-order valence-electron chi connectivity index (χ4n) is 2.52. The number of hydrogen-bond donors (Lipinski definition) is 2. The molecule has 1 heterocycles. The van der Waals surface area contributed by atoms with Crippen molar-refractivity contribution in [1.29, 1.82) is 0 Å². The molecule has 8 heteroatoms. The Morgan fingerprint density at radius 2 is 1.79 bits per heavy atom. The number of halogens is 3. The van der Waals surface area contributed by atoms with Crippen LogP contribution in [0.3, 0.4) is 0 Å². The molecule has 0 radical (unpaired) electrons. The van der Waals surface area contributed by atoms with Crippen LogP contribution in [0.2, 0.25) is 0 Å². The van der Waals surface area contributed by atoms with E-state index in [1.54, 1.807) is 24.3 Å². The predicted molar refractivity (Wildman–Crippen MR) is 99.9 cm³/mol. The molecule has 0 aliphatic heterocycles. The number of rotatable bonds is 5. The van der Waals surface area contributed by atoms with E-state index in [1.165, 1.54) is 43.6 Å². The van der Waals surface area contributed by atoms with Gasteiger partial charge in [0.1, 0.15) is 11.4 Å². The van der Waals surface area contributed by atoms with E-state index in [-0.39, 0.29) is 11.4 Å². The molecule has 5 nitrogen and oxygen atoms in total. The number of aromatic nitrogens is 1. The zero-order valence-corrected chi connectivity index (χ0v) is 14.7. The van der Waals surface area contributed by atoms with Crippen LogP contribution in [0.4, 0.5) is 30.2 Å². The van der Waals surface area contributed by atoms with Crippen molar-refractivity contribution in [3.8, 4) is 5.75 Å². The average molecular weight is 387 g/mol. The Morgan fingerprint density at radius 1 is 1.00 bits per heavy atom. The van der Waals surface area contributed by atoms with E-state index in [1.807, 2.05) is 0 Å². The Bertz CT molecular complexity index is 990. The van der Waals surface area contributed by atoms with E-state index in [0.29, 0.717) is 17.1 Å². The standard InChI is InChI=1S/C20H16F3N3O2/c1-28-15-6-4-5-13(11-15)26-19(27)18-12-14(9-10-24-18)25-17-8-3-2-7-16(17)20(21,22)23/h2-12H,1H3,(H,24,25)(H,26,27). The average Bonchev–Trinajstić information content (AvgIpc) is 2.68. The smallest absolute Gasteiger partial charge is 0.418 e. The number of nitrogens with zero attached hydrogens (tertiary/aromatic N) is 1. The number of ether oxygens (including phenoxy) is 1. The van der Waals surface area contributed by atoms with Gasteiger partial charge >= 0.3 is 6.18 Å². The number of anilines is 3. The van der Waals surface area contributed by atoms with Crippen LogP contribution in [0, 0.1) is 0 Å². The number of para-hydroxylation sites is 1. The second kappa shape index (κ2) is 7.99. The molecule has 2 aromatic carbocycles. The van der Waals surface area contributed by atoms with Crippen LogP contribution in [0.15, 0.2) is 66.9 Å². The van der Waals surface area contributed by atoms with Gasteiger partial charge in [0.05, 0.1) is 18.4 Å². The zero-order valence-electron chi connectivity index (χ0n) is 14.7. The topological polar surface area (TPSA) is 63.2 Å². The molecule has 0 saturated carbocycles. The third-order valence-corrected chi connectivity index (χ3v) is 3.83. The molecular weight excluding hydrogens is 371 g/mol. The van der Waals surface area contributed by atoms with Gasteiger partial charge in [-0.25, -0.2) is 0 Å². The minimum absolute atomic E-state index is 0.0531. The molecule has 0 spiro atoms. The van der Waals surface area contributed by atoms with Crippen LogP contribution in [0.5, 0.6) is 5.75 Å². The van der Waals surface area contributed by atoms with Gasteiger partial charge in [-0.3, -0.25) is 9.78 Å². The SMILES string of the molecule is COc1cccc(NC(=O)c2cc(Nc3ccccc3C(F)(F)F)ccn2)c1. The molecule has 0 atom stereocenters. The van der Waals surface area contributed by atoms with Gasteiger partial charge < -0.3 is 15.4 Å². The summed E-state index contributed by atoms with van der Waals surface area (Å²) in [7, 11) is 1.51. The third kappa shape index (κ3) is 4.59. The van der Waals surface area contributed by atoms with E-state index < -0.39 is 17.6 Å². The lowest BCUT2D eigenvalue weighted by molar-refractivity contribution is -0.136. The van der Waals surface area contributed by atoms with Crippen LogP contribution in [0.1, 0.15) is 16.1 Å². The minimum atomic E-state index is -4.50. The first-order chi connectivity index (χ1) is 13.4. The highest BCUT2D eigenvalue weighted by molar-refractivity contribution is 6.03.